The highest BCUT2D eigenvalue weighted by molar-refractivity contribution is 5.22. The number of fused-ring (bicyclic) bond motifs is 1. The molecule has 0 spiro atoms. The van der Waals surface area contributed by atoms with Gasteiger partial charge in [0.1, 0.15) is 0 Å². The lowest BCUT2D eigenvalue weighted by Gasteiger charge is -2.35. The highest BCUT2D eigenvalue weighted by Gasteiger charge is 2.22. The molecule has 1 unspecified atom stereocenters. The summed E-state index contributed by atoms with van der Waals surface area (Å²) >= 11 is 0. The first-order valence-electron chi connectivity index (χ1n) is 6.24. The van der Waals surface area contributed by atoms with Crippen LogP contribution in [0.15, 0.2) is 41.4 Å². The molecule has 1 aromatic heterocycles. The predicted molar refractivity (Wildman–Crippen MR) is 69.5 cm³/mol. The normalized spacial score (nSPS) is 23.0. The minimum Gasteiger partial charge on any atom is -0.503 e. The van der Waals surface area contributed by atoms with Gasteiger partial charge in [0.25, 0.3) is 0 Å². The summed E-state index contributed by atoms with van der Waals surface area (Å²) in [6, 6.07) is 1.97. The molecule has 2 heterocycles. The molecule has 4 nitrogen and oxygen atoms in total. The topological polar surface area (TPSA) is 45.5 Å². The lowest BCUT2D eigenvalue weighted by atomic mass is 10.1. The second-order valence-corrected chi connectivity index (χ2v) is 4.79. The zero-order valence-corrected chi connectivity index (χ0v) is 10.1. The third kappa shape index (κ3) is 1.99. The SMILES string of the molecule is O=c1cc2n(cc1O)CCN(C1C=CC=CC1)C2. The molecule has 0 bridgehead atoms. The summed E-state index contributed by atoms with van der Waals surface area (Å²) in [5.74, 6) is -0.160. The van der Waals surface area contributed by atoms with Crippen molar-refractivity contribution in [1.29, 1.82) is 0 Å². The Bertz CT molecular complexity index is 572. The third-order valence-corrected chi connectivity index (χ3v) is 3.62. The largest absolute Gasteiger partial charge is 0.503 e. The quantitative estimate of drug-likeness (QED) is 0.808. The fraction of sp³-hybridized carbons (Fsp3) is 0.357. The summed E-state index contributed by atoms with van der Waals surface area (Å²) in [5.41, 5.74) is 0.689. The molecule has 1 aromatic rings. The van der Waals surface area contributed by atoms with Gasteiger partial charge < -0.3 is 9.67 Å². The van der Waals surface area contributed by atoms with E-state index in [1.807, 2.05) is 4.57 Å². The van der Waals surface area contributed by atoms with Crippen molar-refractivity contribution in [3.63, 3.8) is 0 Å². The van der Waals surface area contributed by atoms with Crippen molar-refractivity contribution in [2.45, 2.75) is 25.6 Å². The Morgan fingerprint density at radius 1 is 1.28 bits per heavy atom. The maximum atomic E-state index is 11.5. The van der Waals surface area contributed by atoms with Crippen molar-refractivity contribution in [1.82, 2.24) is 9.47 Å². The monoisotopic (exact) mass is 244 g/mol. The van der Waals surface area contributed by atoms with Crippen LogP contribution < -0.4 is 5.43 Å². The highest BCUT2D eigenvalue weighted by atomic mass is 16.3. The molecule has 3 rings (SSSR count). The maximum Gasteiger partial charge on any atom is 0.223 e. The predicted octanol–water partition coefficient (Wildman–Crippen LogP) is 1.25. The first kappa shape index (κ1) is 11.3. The Hall–Kier alpha value is -1.81. The van der Waals surface area contributed by atoms with Crippen LogP contribution in [0.1, 0.15) is 12.1 Å². The highest BCUT2D eigenvalue weighted by Crippen LogP contribution is 2.19. The molecular formula is C14H16N2O2. The van der Waals surface area contributed by atoms with Gasteiger partial charge in [-0.25, -0.2) is 0 Å². The van der Waals surface area contributed by atoms with Gasteiger partial charge in [-0.05, 0) is 6.42 Å². The Kier molecular flexibility index (Phi) is 2.80. The van der Waals surface area contributed by atoms with E-state index in [1.54, 1.807) is 12.3 Å². The van der Waals surface area contributed by atoms with Gasteiger partial charge in [0.05, 0.1) is 6.20 Å². The zero-order chi connectivity index (χ0) is 12.5. The van der Waals surface area contributed by atoms with E-state index in [-0.39, 0.29) is 11.2 Å². The molecule has 0 saturated heterocycles. The number of nitrogens with zero attached hydrogens (tertiary/aromatic N) is 2. The molecule has 4 heteroatoms. The van der Waals surface area contributed by atoms with Crippen LogP contribution in [-0.2, 0) is 13.1 Å². The van der Waals surface area contributed by atoms with E-state index in [2.05, 4.69) is 29.2 Å². The first-order chi connectivity index (χ1) is 8.74. The number of aromatic hydroxyl groups is 1. The summed E-state index contributed by atoms with van der Waals surface area (Å²) in [6.07, 6.45) is 11.1. The first-order valence-corrected chi connectivity index (χ1v) is 6.24. The Balaban J connectivity index is 1.84. The second kappa shape index (κ2) is 4.46. The van der Waals surface area contributed by atoms with Gasteiger partial charge >= 0.3 is 0 Å². The van der Waals surface area contributed by atoms with Gasteiger partial charge in [-0.2, -0.15) is 0 Å². The summed E-state index contributed by atoms with van der Waals surface area (Å²) < 4.78 is 1.97. The number of rotatable bonds is 1. The van der Waals surface area contributed by atoms with Crippen LogP contribution in [0.2, 0.25) is 0 Å². The van der Waals surface area contributed by atoms with Crippen LogP contribution in [0.4, 0.5) is 0 Å². The average molecular weight is 244 g/mol. The molecule has 94 valence electrons. The fourth-order valence-corrected chi connectivity index (χ4v) is 2.59. The van der Waals surface area contributed by atoms with Crippen molar-refractivity contribution in [2.75, 3.05) is 6.54 Å². The van der Waals surface area contributed by atoms with Crippen molar-refractivity contribution in [2.24, 2.45) is 0 Å². The zero-order valence-electron chi connectivity index (χ0n) is 10.1. The number of aromatic nitrogens is 1. The van der Waals surface area contributed by atoms with Gasteiger partial charge in [0.15, 0.2) is 5.75 Å². The van der Waals surface area contributed by atoms with E-state index in [4.69, 9.17) is 0 Å². The second-order valence-electron chi connectivity index (χ2n) is 4.79. The Morgan fingerprint density at radius 2 is 2.17 bits per heavy atom. The molecule has 1 atom stereocenters. The van der Waals surface area contributed by atoms with Gasteiger partial charge in [-0.3, -0.25) is 9.69 Å². The van der Waals surface area contributed by atoms with Crippen molar-refractivity contribution in [3.05, 3.63) is 52.5 Å². The smallest absolute Gasteiger partial charge is 0.223 e. The minimum atomic E-state index is -0.290. The van der Waals surface area contributed by atoms with E-state index in [1.165, 1.54) is 0 Å². The van der Waals surface area contributed by atoms with Crippen molar-refractivity contribution >= 4 is 0 Å². The standard InChI is InChI=1S/C14H16N2O2/c17-13-8-12-9-15(11-4-2-1-3-5-11)6-7-16(12)10-14(13)18/h1-4,8,10-11,18H,5-7,9H2. The van der Waals surface area contributed by atoms with Crippen LogP contribution >= 0.6 is 0 Å². The molecule has 1 N–H and O–H groups in total. The molecule has 0 saturated carbocycles. The molecule has 0 aromatic carbocycles. The fourth-order valence-electron chi connectivity index (χ4n) is 2.59. The van der Waals surface area contributed by atoms with E-state index in [0.717, 1.165) is 31.7 Å². The van der Waals surface area contributed by atoms with Gasteiger partial charge in [-0.1, -0.05) is 24.3 Å². The third-order valence-electron chi connectivity index (χ3n) is 3.62. The minimum absolute atomic E-state index is 0.160. The molecule has 18 heavy (non-hydrogen) atoms. The molecule has 0 fully saturated rings. The van der Waals surface area contributed by atoms with Crippen LogP contribution in [0.25, 0.3) is 0 Å². The summed E-state index contributed by atoms with van der Waals surface area (Å²) in [6.45, 7) is 2.52. The molecule has 2 aliphatic rings. The van der Waals surface area contributed by atoms with E-state index < -0.39 is 0 Å². The number of hydrogen-bond acceptors (Lipinski definition) is 3. The molecular weight excluding hydrogens is 228 g/mol. The Morgan fingerprint density at radius 3 is 2.94 bits per heavy atom. The maximum absolute atomic E-state index is 11.5. The summed E-state index contributed by atoms with van der Waals surface area (Å²) in [7, 11) is 0. The molecule has 1 aliphatic carbocycles. The number of allylic oxidation sites excluding steroid dienone is 2. The lowest BCUT2D eigenvalue weighted by Crippen LogP contribution is -2.41. The Labute approximate surface area is 105 Å². The van der Waals surface area contributed by atoms with Gasteiger partial charge in [0.2, 0.25) is 5.43 Å². The van der Waals surface area contributed by atoms with Gasteiger partial charge in [-0.15, -0.1) is 0 Å². The average Bonchev–Trinajstić information content (AvgIpc) is 2.41. The van der Waals surface area contributed by atoms with E-state index >= 15 is 0 Å². The van der Waals surface area contributed by atoms with Crippen molar-refractivity contribution < 1.29 is 5.11 Å². The van der Waals surface area contributed by atoms with Crippen molar-refractivity contribution in [3.8, 4) is 5.75 Å². The van der Waals surface area contributed by atoms with Crippen LogP contribution in [0.3, 0.4) is 0 Å². The van der Waals surface area contributed by atoms with Crippen LogP contribution in [-0.4, -0.2) is 27.2 Å². The molecule has 1 aliphatic heterocycles. The summed E-state index contributed by atoms with van der Waals surface area (Å²) in [4.78, 5) is 13.8. The number of hydrogen-bond donors (Lipinski definition) is 1. The molecule has 0 radical (unpaired) electrons. The summed E-state index contributed by atoms with van der Waals surface area (Å²) in [5, 5.41) is 9.42. The van der Waals surface area contributed by atoms with E-state index in [0.29, 0.717) is 6.04 Å². The number of pyridine rings is 1. The van der Waals surface area contributed by atoms with E-state index in [9.17, 15) is 9.90 Å². The lowest BCUT2D eigenvalue weighted by molar-refractivity contribution is 0.180. The van der Waals surface area contributed by atoms with Crippen LogP contribution in [0.5, 0.6) is 5.75 Å². The van der Waals surface area contributed by atoms with Crippen LogP contribution in [0, 0.1) is 0 Å². The molecule has 0 amide bonds. The van der Waals surface area contributed by atoms with Gasteiger partial charge in [0, 0.05) is 37.4 Å².